The average molecular weight is 467 g/mol. The Bertz CT molecular complexity index is 1030. The maximum Gasteiger partial charge on any atom is 0.490 e. The van der Waals surface area contributed by atoms with Crippen LogP contribution in [0.25, 0.3) is 0 Å². The SMILES string of the molecule is O=C(O)C(F)(F)F.O=C(c1ccncc1)N1CCC2(CCN(Cc3cccc(F)c3)C2=O)C1. The van der Waals surface area contributed by atoms with Crippen LogP contribution in [-0.4, -0.2) is 63.5 Å². The van der Waals surface area contributed by atoms with Gasteiger partial charge in [-0.05, 0) is 42.7 Å². The zero-order valence-electron chi connectivity index (χ0n) is 17.4. The van der Waals surface area contributed by atoms with Crippen LogP contribution in [0, 0.1) is 11.2 Å². The lowest BCUT2D eigenvalue weighted by atomic mass is 9.85. The highest BCUT2D eigenvalue weighted by Crippen LogP contribution is 2.41. The third kappa shape index (κ3) is 5.65. The number of nitrogens with zero attached hydrogens (tertiary/aromatic N) is 3. The molecule has 1 atom stereocenters. The molecular formula is C22H21F4N3O4. The van der Waals surface area contributed by atoms with E-state index in [4.69, 9.17) is 9.90 Å². The van der Waals surface area contributed by atoms with E-state index >= 15 is 0 Å². The molecule has 1 spiro atoms. The minimum Gasteiger partial charge on any atom is -0.475 e. The van der Waals surface area contributed by atoms with Crippen LogP contribution in [0.15, 0.2) is 48.8 Å². The highest BCUT2D eigenvalue weighted by molar-refractivity contribution is 5.95. The number of alkyl halides is 3. The number of likely N-dealkylation sites (tertiary alicyclic amines) is 2. The molecule has 4 rings (SSSR count). The van der Waals surface area contributed by atoms with Gasteiger partial charge in [0.1, 0.15) is 5.82 Å². The quantitative estimate of drug-likeness (QED) is 0.701. The largest absolute Gasteiger partial charge is 0.490 e. The van der Waals surface area contributed by atoms with Crippen LogP contribution < -0.4 is 0 Å². The van der Waals surface area contributed by atoms with Crippen molar-refractivity contribution in [2.45, 2.75) is 25.6 Å². The number of carboxylic acids is 1. The van der Waals surface area contributed by atoms with Gasteiger partial charge in [0.25, 0.3) is 5.91 Å². The van der Waals surface area contributed by atoms with Crippen molar-refractivity contribution in [3.05, 3.63) is 65.7 Å². The molecule has 2 amide bonds. The fourth-order valence-electron chi connectivity index (χ4n) is 4.00. The second kappa shape index (κ2) is 9.55. The first kappa shape index (κ1) is 24.1. The number of aromatic nitrogens is 1. The molecule has 1 N–H and O–H groups in total. The number of hydrogen-bond donors (Lipinski definition) is 1. The lowest BCUT2D eigenvalue weighted by Gasteiger charge is -2.24. The fourth-order valence-corrected chi connectivity index (χ4v) is 4.00. The van der Waals surface area contributed by atoms with E-state index in [9.17, 15) is 27.2 Å². The third-order valence-electron chi connectivity index (χ3n) is 5.67. The van der Waals surface area contributed by atoms with Gasteiger partial charge in [0.15, 0.2) is 0 Å². The van der Waals surface area contributed by atoms with E-state index in [0.717, 1.165) is 12.0 Å². The van der Waals surface area contributed by atoms with Gasteiger partial charge < -0.3 is 14.9 Å². The molecule has 0 saturated carbocycles. The van der Waals surface area contributed by atoms with E-state index in [1.54, 1.807) is 40.4 Å². The monoisotopic (exact) mass is 467 g/mol. The third-order valence-corrected chi connectivity index (χ3v) is 5.67. The number of amides is 2. The lowest BCUT2D eigenvalue weighted by molar-refractivity contribution is -0.192. The normalized spacial score (nSPS) is 20.1. The molecule has 3 heterocycles. The summed E-state index contributed by atoms with van der Waals surface area (Å²) in [7, 11) is 0. The van der Waals surface area contributed by atoms with Gasteiger partial charge in [0.2, 0.25) is 5.91 Å². The van der Waals surface area contributed by atoms with Gasteiger partial charge in [0.05, 0.1) is 5.41 Å². The van der Waals surface area contributed by atoms with Crippen LogP contribution in [0.5, 0.6) is 0 Å². The van der Waals surface area contributed by atoms with Crippen molar-refractivity contribution in [3.8, 4) is 0 Å². The van der Waals surface area contributed by atoms with Crippen molar-refractivity contribution in [2.75, 3.05) is 19.6 Å². The van der Waals surface area contributed by atoms with Crippen molar-refractivity contribution in [3.63, 3.8) is 0 Å². The Hall–Kier alpha value is -3.50. The topological polar surface area (TPSA) is 90.8 Å². The maximum absolute atomic E-state index is 13.4. The van der Waals surface area contributed by atoms with E-state index in [2.05, 4.69) is 4.98 Å². The van der Waals surface area contributed by atoms with E-state index in [1.807, 2.05) is 6.07 Å². The Morgan fingerprint density at radius 1 is 1.09 bits per heavy atom. The summed E-state index contributed by atoms with van der Waals surface area (Å²) in [5.74, 6) is -3.03. The molecule has 2 fully saturated rings. The molecule has 11 heteroatoms. The van der Waals surface area contributed by atoms with Crippen molar-refractivity contribution in [1.82, 2.24) is 14.8 Å². The molecule has 176 valence electrons. The predicted octanol–water partition coefficient (Wildman–Crippen LogP) is 3.12. The van der Waals surface area contributed by atoms with Crippen molar-refractivity contribution in [1.29, 1.82) is 0 Å². The molecular weight excluding hydrogens is 446 g/mol. The Labute approximate surface area is 186 Å². The molecule has 0 aliphatic carbocycles. The van der Waals surface area contributed by atoms with Crippen LogP contribution in [0.4, 0.5) is 17.6 Å². The van der Waals surface area contributed by atoms with Crippen LogP contribution in [0.3, 0.4) is 0 Å². The number of hydrogen-bond acceptors (Lipinski definition) is 4. The van der Waals surface area contributed by atoms with Gasteiger partial charge in [-0.25, -0.2) is 9.18 Å². The van der Waals surface area contributed by atoms with E-state index < -0.39 is 17.6 Å². The van der Waals surface area contributed by atoms with Gasteiger partial charge in [-0.1, -0.05) is 12.1 Å². The molecule has 1 aromatic carbocycles. The molecule has 1 unspecified atom stereocenters. The molecule has 33 heavy (non-hydrogen) atoms. The molecule has 2 aliphatic rings. The maximum atomic E-state index is 13.4. The number of halogens is 4. The van der Waals surface area contributed by atoms with E-state index in [-0.39, 0.29) is 17.6 Å². The molecule has 0 bridgehead atoms. The first-order valence-electron chi connectivity index (χ1n) is 10.1. The van der Waals surface area contributed by atoms with Crippen molar-refractivity contribution >= 4 is 17.8 Å². The zero-order chi connectivity index (χ0) is 24.2. The highest BCUT2D eigenvalue weighted by Gasteiger charge is 2.51. The number of benzene rings is 1. The first-order valence-corrected chi connectivity index (χ1v) is 10.1. The number of carbonyl (C=O) groups is 3. The second-order valence-corrected chi connectivity index (χ2v) is 7.90. The smallest absolute Gasteiger partial charge is 0.475 e. The van der Waals surface area contributed by atoms with Crippen LogP contribution in [-0.2, 0) is 16.1 Å². The molecule has 0 radical (unpaired) electrons. The summed E-state index contributed by atoms with van der Waals surface area (Å²) in [4.78, 5) is 42.0. The Morgan fingerprint density at radius 2 is 1.73 bits per heavy atom. The molecule has 2 aromatic rings. The average Bonchev–Trinajstić information content (AvgIpc) is 3.33. The van der Waals surface area contributed by atoms with Gasteiger partial charge in [0, 0.05) is 44.1 Å². The van der Waals surface area contributed by atoms with Crippen molar-refractivity contribution < 1.29 is 37.1 Å². The van der Waals surface area contributed by atoms with Crippen LogP contribution in [0.2, 0.25) is 0 Å². The summed E-state index contributed by atoms with van der Waals surface area (Å²) in [6, 6.07) is 9.74. The minimum atomic E-state index is -5.08. The minimum absolute atomic E-state index is 0.0549. The number of carbonyl (C=O) groups excluding carboxylic acids is 2. The van der Waals surface area contributed by atoms with Crippen LogP contribution in [0.1, 0.15) is 28.8 Å². The predicted molar refractivity (Wildman–Crippen MR) is 107 cm³/mol. The van der Waals surface area contributed by atoms with Crippen molar-refractivity contribution in [2.24, 2.45) is 5.41 Å². The summed E-state index contributed by atoms with van der Waals surface area (Å²) in [6.45, 7) is 2.09. The van der Waals surface area contributed by atoms with Gasteiger partial charge in [-0.3, -0.25) is 14.6 Å². The summed E-state index contributed by atoms with van der Waals surface area (Å²) < 4.78 is 45.1. The molecule has 2 saturated heterocycles. The Kier molecular flexibility index (Phi) is 6.99. The first-order chi connectivity index (χ1) is 15.5. The van der Waals surface area contributed by atoms with Gasteiger partial charge in [-0.15, -0.1) is 0 Å². The second-order valence-electron chi connectivity index (χ2n) is 7.90. The van der Waals surface area contributed by atoms with Crippen LogP contribution >= 0.6 is 0 Å². The Balaban J connectivity index is 0.000000383. The molecule has 7 nitrogen and oxygen atoms in total. The molecule has 2 aliphatic heterocycles. The zero-order valence-corrected chi connectivity index (χ0v) is 17.4. The lowest BCUT2D eigenvalue weighted by Crippen LogP contribution is -2.38. The van der Waals surface area contributed by atoms with Gasteiger partial charge >= 0.3 is 12.1 Å². The summed E-state index contributed by atoms with van der Waals surface area (Å²) in [5.41, 5.74) is 0.896. The number of rotatable bonds is 3. The summed E-state index contributed by atoms with van der Waals surface area (Å²) >= 11 is 0. The fraction of sp³-hybridized carbons (Fsp3) is 0.364. The van der Waals surface area contributed by atoms with Gasteiger partial charge in [-0.2, -0.15) is 13.2 Å². The van der Waals surface area contributed by atoms with E-state index in [1.165, 1.54) is 12.1 Å². The number of carboxylic acid groups (broad SMARTS) is 1. The number of aliphatic carboxylic acids is 1. The highest BCUT2D eigenvalue weighted by atomic mass is 19.4. The summed E-state index contributed by atoms with van der Waals surface area (Å²) in [5, 5.41) is 7.12. The molecule has 1 aromatic heterocycles. The van der Waals surface area contributed by atoms with E-state index in [0.29, 0.717) is 38.2 Å². The Morgan fingerprint density at radius 3 is 2.33 bits per heavy atom. The summed E-state index contributed by atoms with van der Waals surface area (Å²) in [6.07, 6.45) is -0.468. The number of pyridine rings is 1. The standard InChI is InChI=1S/C20H20FN3O2.C2HF3O2/c21-17-3-1-2-15(12-17)13-23-10-6-20(19(23)26)7-11-24(14-20)18(25)16-4-8-22-9-5-16;3-2(4,5)1(6)7/h1-5,8-9,12H,6-7,10-11,13-14H2;(H,6,7).